The summed E-state index contributed by atoms with van der Waals surface area (Å²) in [6.07, 6.45) is 2.55. The monoisotopic (exact) mass is 660 g/mol. The SMILES string of the molecule is CC(=O)NC1CCN(CC(O)Cn2nc(-c3ccc(Cl)c(CNC(=O)c4ccc(F)cc4)c3)c3c2CCN(S(C)(=O)=O)C3)CC1. The van der Waals surface area contributed by atoms with Crippen LogP contribution in [0.5, 0.6) is 0 Å². The van der Waals surface area contributed by atoms with Crippen LogP contribution in [0.4, 0.5) is 4.39 Å². The Morgan fingerprint density at radius 2 is 1.82 bits per heavy atom. The van der Waals surface area contributed by atoms with Crippen LogP contribution in [-0.2, 0) is 40.9 Å². The van der Waals surface area contributed by atoms with Gasteiger partial charge in [-0.15, -0.1) is 0 Å². The largest absolute Gasteiger partial charge is 0.390 e. The number of benzene rings is 2. The normalized spacial score (nSPS) is 17.1. The molecule has 2 aliphatic rings. The van der Waals surface area contributed by atoms with E-state index in [0.717, 1.165) is 37.2 Å². The summed E-state index contributed by atoms with van der Waals surface area (Å²) in [6, 6.07) is 10.7. The third-order valence-electron chi connectivity index (χ3n) is 8.28. The predicted octanol–water partition coefficient (Wildman–Crippen LogP) is 2.55. The van der Waals surface area contributed by atoms with Crippen molar-refractivity contribution in [3.05, 3.63) is 75.7 Å². The maximum atomic E-state index is 13.3. The first-order valence-corrected chi connectivity index (χ1v) is 17.1. The Morgan fingerprint density at radius 3 is 2.49 bits per heavy atom. The number of carbonyl (C=O) groups excluding carboxylic acids is 2. The number of hydrogen-bond donors (Lipinski definition) is 3. The van der Waals surface area contributed by atoms with Crippen molar-refractivity contribution in [3.8, 4) is 11.3 Å². The number of aliphatic hydroxyl groups excluding tert-OH is 1. The van der Waals surface area contributed by atoms with Crippen LogP contribution in [0, 0.1) is 5.82 Å². The fraction of sp³-hybridized carbons (Fsp3) is 0.452. The lowest BCUT2D eigenvalue weighted by Gasteiger charge is -2.33. The van der Waals surface area contributed by atoms with Crippen molar-refractivity contribution in [2.24, 2.45) is 0 Å². The number of halogens is 2. The molecule has 3 heterocycles. The number of likely N-dealkylation sites (tertiary alicyclic amines) is 1. The number of β-amino-alcohol motifs (C(OH)–C–C–N with tert-alkyl or cyclic N) is 1. The van der Waals surface area contributed by atoms with Crippen LogP contribution in [-0.4, -0.2) is 88.9 Å². The first kappa shape index (κ1) is 33.0. The van der Waals surface area contributed by atoms with Crippen molar-refractivity contribution in [3.63, 3.8) is 0 Å². The molecule has 1 aromatic heterocycles. The highest BCUT2D eigenvalue weighted by Crippen LogP contribution is 2.33. The van der Waals surface area contributed by atoms with E-state index in [1.165, 1.54) is 41.8 Å². The zero-order valence-corrected chi connectivity index (χ0v) is 26.9. The molecule has 1 fully saturated rings. The molecule has 0 spiro atoms. The third kappa shape index (κ3) is 8.27. The average Bonchev–Trinajstić information content (AvgIpc) is 3.34. The molecule has 3 N–H and O–H groups in total. The van der Waals surface area contributed by atoms with Gasteiger partial charge in [-0.2, -0.15) is 9.40 Å². The van der Waals surface area contributed by atoms with Crippen LogP contribution in [0.3, 0.4) is 0 Å². The van der Waals surface area contributed by atoms with Gasteiger partial charge in [0.1, 0.15) is 5.82 Å². The first-order chi connectivity index (χ1) is 21.4. The summed E-state index contributed by atoms with van der Waals surface area (Å²) in [5, 5.41) is 22.2. The van der Waals surface area contributed by atoms with Crippen molar-refractivity contribution in [2.75, 3.05) is 32.4 Å². The van der Waals surface area contributed by atoms with Crippen LogP contribution >= 0.6 is 11.6 Å². The van der Waals surface area contributed by atoms with E-state index < -0.39 is 21.9 Å². The Bertz CT molecular complexity index is 1660. The zero-order valence-electron chi connectivity index (χ0n) is 25.3. The molecule has 242 valence electrons. The summed E-state index contributed by atoms with van der Waals surface area (Å²) in [5.41, 5.74) is 3.86. The highest BCUT2D eigenvalue weighted by molar-refractivity contribution is 7.88. The minimum Gasteiger partial charge on any atom is -0.390 e. The number of hydrogen-bond acceptors (Lipinski definition) is 7. The van der Waals surface area contributed by atoms with Crippen molar-refractivity contribution >= 4 is 33.4 Å². The fourth-order valence-corrected chi connectivity index (χ4v) is 6.94. The van der Waals surface area contributed by atoms with Gasteiger partial charge in [0.15, 0.2) is 0 Å². The maximum Gasteiger partial charge on any atom is 0.251 e. The number of nitrogens with zero attached hydrogens (tertiary/aromatic N) is 4. The van der Waals surface area contributed by atoms with E-state index in [4.69, 9.17) is 16.7 Å². The van der Waals surface area contributed by atoms with Gasteiger partial charge in [0, 0.05) is 86.1 Å². The van der Waals surface area contributed by atoms with Crippen LogP contribution in [0.1, 0.15) is 46.9 Å². The Morgan fingerprint density at radius 1 is 1.11 bits per heavy atom. The second-order valence-electron chi connectivity index (χ2n) is 11.7. The molecule has 45 heavy (non-hydrogen) atoms. The fourth-order valence-electron chi connectivity index (χ4n) is 5.97. The zero-order chi connectivity index (χ0) is 32.3. The Kier molecular flexibility index (Phi) is 10.2. The molecule has 1 unspecified atom stereocenters. The maximum absolute atomic E-state index is 13.3. The lowest BCUT2D eigenvalue weighted by atomic mass is 10.0. The lowest BCUT2D eigenvalue weighted by molar-refractivity contribution is -0.120. The number of fused-ring (bicyclic) bond motifs is 1. The summed E-state index contributed by atoms with van der Waals surface area (Å²) in [7, 11) is -3.45. The number of amides is 2. The summed E-state index contributed by atoms with van der Waals surface area (Å²) < 4.78 is 41.4. The lowest BCUT2D eigenvalue weighted by Crippen LogP contribution is -2.46. The highest BCUT2D eigenvalue weighted by atomic mass is 35.5. The van der Waals surface area contributed by atoms with Gasteiger partial charge in [0.25, 0.3) is 5.91 Å². The number of carbonyl (C=O) groups is 2. The summed E-state index contributed by atoms with van der Waals surface area (Å²) in [5.74, 6) is -0.852. The molecule has 3 aromatic rings. The molecule has 0 bridgehead atoms. The average molecular weight is 661 g/mol. The van der Waals surface area contributed by atoms with Crippen LogP contribution in [0.2, 0.25) is 5.02 Å². The van der Waals surface area contributed by atoms with Gasteiger partial charge in [-0.1, -0.05) is 17.7 Å². The standard InChI is InChI=1S/C31H38ClFN6O5S/c1-20(40)35-25-9-12-37(13-10-25)17-26(41)18-39-29-11-14-38(45(2,43)44)19-27(29)30(36-39)22-5-8-28(32)23(15-22)16-34-31(42)21-3-6-24(33)7-4-21/h3-8,15,25-26,41H,9-14,16-19H2,1-2H3,(H,34,42)(H,35,40). The molecule has 1 atom stereocenters. The van der Waals surface area contributed by atoms with Crippen LogP contribution in [0.25, 0.3) is 11.3 Å². The molecule has 11 nitrogen and oxygen atoms in total. The second kappa shape index (κ2) is 14.0. The molecule has 2 aromatic carbocycles. The van der Waals surface area contributed by atoms with Gasteiger partial charge in [-0.3, -0.25) is 14.3 Å². The van der Waals surface area contributed by atoms with Gasteiger partial charge in [-0.25, -0.2) is 12.8 Å². The Labute approximate surface area is 267 Å². The van der Waals surface area contributed by atoms with Gasteiger partial charge in [0.05, 0.1) is 24.6 Å². The number of sulfonamides is 1. The number of piperidine rings is 1. The molecule has 2 amide bonds. The molecule has 0 saturated carbocycles. The Hall–Kier alpha value is -3.36. The number of nitrogens with one attached hydrogen (secondary N) is 2. The molecule has 0 radical (unpaired) electrons. The van der Waals surface area contributed by atoms with E-state index in [2.05, 4.69) is 15.5 Å². The summed E-state index contributed by atoms with van der Waals surface area (Å²) in [4.78, 5) is 26.2. The molecule has 1 saturated heterocycles. The molecular formula is C31H38ClFN6O5S. The van der Waals surface area contributed by atoms with Gasteiger partial charge in [-0.05, 0) is 54.8 Å². The van der Waals surface area contributed by atoms with E-state index >= 15 is 0 Å². The van der Waals surface area contributed by atoms with Crippen molar-refractivity contribution in [1.29, 1.82) is 0 Å². The second-order valence-corrected chi connectivity index (χ2v) is 14.1. The van der Waals surface area contributed by atoms with Gasteiger partial charge >= 0.3 is 0 Å². The number of rotatable bonds is 10. The quantitative estimate of drug-likeness (QED) is 0.304. The highest BCUT2D eigenvalue weighted by Gasteiger charge is 2.31. The molecular weight excluding hydrogens is 623 g/mol. The van der Waals surface area contributed by atoms with E-state index in [1.54, 1.807) is 16.8 Å². The van der Waals surface area contributed by atoms with Crippen molar-refractivity contribution in [1.82, 2.24) is 29.6 Å². The van der Waals surface area contributed by atoms with Gasteiger partial charge < -0.3 is 20.6 Å². The van der Waals surface area contributed by atoms with Crippen molar-refractivity contribution in [2.45, 2.75) is 58.0 Å². The van der Waals surface area contributed by atoms with E-state index in [1.807, 2.05) is 6.07 Å². The minimum absolute atomic E-state index is 0.0373. The molecule has 5 rings (SSSR count). The van der Waals surface area contributed by atoms with Crippen molar-refractivity contribution < 1.29 is 27.5 Å². The molecule has 0 aliphatic carbocycles. The molecule has 14 heteroatoms. The molecule has 2 aliphatic heterocycles. The predicted molar refractivity (Wildman–Crippen MR) is 168 cm³/mol. The van der Waals surface area contributed by atoms with E-state index in [0.29, 0.717) is 46.9 Å². The van der Waals surface area contributed by atoms with Gasteiger partial charge in [0.2, 0.25) is 15.9 Å². The first-order valence-electron chi connectivity index (χ1n) is 14.9. The number of aliphatic hydroxyl groups is 1. The summed E-state index contributed by atoms with van der Waals surface area (Å²) >= 11 is 6.49. The number of aromatic nitrogens is 2. The van der Waals surface area contributed by atoms with Crippen LogP contribution in [0.15, 0.2) is 42.5 Å². The van der Waals surface area contributed by atoms with Crippen LogP contribution < -0.4 is 10.6 Å². The smallest absolute Gasteiger partial charge is 0.251 e. The van der Waals surface area contributed by atoms with E-state index in [9.17, 15) is 27.5 Å². The van der Waals surface area contributed by atoms with E-state index in [-0.39, 0.29) is 37.5 Å². The topological polar surface area (TPSA) is 137 Å². The Balaban J connectivity index is 1.35. The third-order valence-corrected chi connectivity index (χ3v) is 9.90. The summed E-state index contributed by atoms with van der Waals surface area (Å²) in [6.45, 7) is 4.30. The minimum atomic E-state index is -3.45.